The van der Waals surface area contributed by atoms with Crippen LogP contribution >= 0.6 is 0 Å². The van der Waals surface area contributed by atoms with Gasteiger partial charge in [0.1, 0.15) is 23.7 Å². The lowest BCUT2D eigenvalue weighted by molar-refractivity contribution is -0.130. The van der Waals surface area contributed by atoms with E-state index in [4.69, 9.17) is 28.4 Å². The van der Waals surface area contributed by atoms with Crippen LogP contribution in [0, 0.1) is 0 Å². The molecule has 4 atom stereocenters. The molecule has 46 heavy (non-hydrogen) atoms. The third-order valence-corrected chi connectivity index (χ3v) is 7.69. The average molecular weight is 623 g/mol. The molecule has 10 nitrogen and oxygen atoms in total. The van der Waals surface area contributed by atoms with Crippen molar-refractivity contribution in [2.75, 3.05) is 13.2 Å². The van der Waals surface area contributed by atoms with Crippen molar-refractivity contribution < 1.29 is 47.6 Å². The van der Waals surface area contributed by atoms with Crippen LogP contribution in [0.25, 0.3) is 21.5 Å². The lowest BCUT2D eigenvalue weighted by atomic mass is 10.1. The average Bonchev–Trinajstić information content (AvgIpc) is 3.63. The highest BCUT2D eigenvalue weighted by Crippen LogP contribution is 2.32. The van der Waals surface area contributed by atoms with E-state index in [1.54, 1.807) is 86.6 Å². The van der Waals surface area contributed by atoms with Crippen LogP contribution in [0.5, 0.6) is 11.5 Å². The Kier molecular flexibility index (Phi) is 8.40. The number of hydrogen-bond donors (Lipinski definition) is 0. The van der Waals surface area contributed by atoms with Gasteiger partial charge in [-0.05, 0) is 83.9 Å². The van der Waals surface area contributed by atoms with Crippen molar-refractivity contribution in [2.24, 2.45) is 0 Å². The number of hydrogen-bond acceptors (Lipinski definition) is 10. The molecule has 4 aromatic rings. The monoisotopic (exact) mass is 622 g/mol. The minimum Gasteiger partial charge on any atom is -0.453 e. The maximum Gasteiger partial charge on any atom is 0.338 e. The standard InChI is InChI=1S/C36H30O10/c1-19(2)33(37)43-27-11-9-21-13-25(7-5-23(21)15-27)35(39)45-29-17-41-32-30(18-42-31(29)32)46-36(40)26-8-6-24-16-28(12-10-22(24)14-26)44-34(38)20(3)4/h5-16,29-32H,1,3,17-18H2,2,4H3/t29-,30+,31-,32-/m1/s1. The molecule has 234 valence electrons. The molecule has 0 saturated carbocycles. The Morgan fingerprint density at radius 2 is 0.957 bits per heavy atom. The van der Waals surface area contributed by atoms with E-state index in [0.29, 0.717) is 33.8 Å². The molecule has 10 heteroatoms. The summed E-state index contributed by atoms with van der Waals surface area (Å²) in [4.78, 5) is 49.7. The SMILES string of the molecule is C=C(C)C(=O)Oc1ccc2cc(C(=O)O[C@H]3CO[C@H]4[C@@H]3OC[C@H]4OC(=O)c3ccc4cc(OC(=O)C(=C)C)ccc4c3)ccc2c1. The van der Waals surface area contributed by atoms with E-state index in [0.717, 1.165) is 21.5 Å². The largest absolute Gasteiger partial charge is 0.453 e. The highest BCUT2D eigenvalue weighted by molar-refractivity contribution is 5.97. The molecule has 0 radical (unpaired) electrons. The van der Waals surface area contributed by atoms with Gasteiger partial charge in [-0.15, -0.1) is 0 Å². The van der Waals surface area contributed by atoms with Crippen LogP contribution in [0.1, 0.15) is 34.6 Å². The zero-order chi connectivity index (χ0) is 32.5. The smallest absolute Gasteiger partial charge is 0.338 e. The first kappa shape index (κ1) is 30.7. The van der Waals surface area contributed by atoms with Gasteiger partial charge < -0.3 is 28.4 Å². The maximum absolute atomic E-state index is 13.0. The number of carbonyl (C=O) groups is 4. The normalized spacial score (nSPS) is 20.1. The van der Waals surface area contributed by atoms with Crippen LogP contribution in [0.2, 0.25) is 0 Å². The Hall–Kier alpha value is -5.32. The van der Waals surface area contributed by atoms with Gasteiger partial charge in [0.05, 0.1) is 24.3 Å². The first-order valence-electron chi connectivity index (χ1n) is 14.5. The van der Waals surface area contributed by atoms with Crippen LogP contribution in [-0.2, 0) is 28.5 Å². The number of ether oxygens (including phenoxy) is 6. The molecule has 2 saturated heterocycles. The van der Waals surface area contributed by atoms with Crippen molar-refractivity contribution >= 4 is 45.4 Å². The molecule has 2 heterocycles. The van der Waals surface area contributed by atoms with Gasteiger partial charge in [0.15, 0.2) is 12.2 Å². The predicted octanol–water partition coefficient (Wildman–Crippen LogP) is 5.50. The minimum atomic E-state index is -0.685. The third-order valence-electron chi connectivity index (χ3n) is 7.69. The van der Waals surface area contributed by atoms with E-state index in [-0.39, 0.29) is 13.2 Å². The van der Waals surface area contributed by atoms with Crippen LogP contribution in [0.3, 0.4) is 0 Å². The fourth-order valence-electron chi connectivity index (χ4n) is 5.26. The summed E-state index contributed by atoms with van der Waals surface area (Å²) >= 11 is 0. The molecule has 0 aliphatic carbocycles. The maximum atomic E-state index is 13.0. The molecular formula is C36H30O10. The molecular weight excluding hydrogens is 592 g/mol. The molecule has 0 bridgehead atoms. The molecule has 2 aliphatic rings. The summed E-state index contributed by atoms with van der Waals surface area (Å²) in [6.45, 7) is 10.5. The van der Waals surface area contributed by atoms with Gasteiger partial charge in [-0.3, -0.25) is 0 Å². The summed E-state index contributed by atoms with van der Waals surface area (Å²) in [5, 5.41) is 3.07. The van der Waals surface area contributed by atoms with Crippen LogP contribution in [0.15, 0.2) is 97.1 Å². The van der Waals surface area contributed by atoms with Gasteiger partial charge in [-0.2, -0.15) is 0 Å². The number of benzene rings is 4. The van der Waals surface area contributed by atoms with E-state index in [9.17, 15) is 19.2 Å². The van der Waals surface area contributed by atoms with Gasteiger partial charge in [0, 0.05) is 11.1 Å². The predicted molar refractivity (Wildman–Crippen MR) is 167 cm³/mol. The summed E-state index contributed by atoms with van der Waals surface area (Å²) in [5.41, 5.74) is 1.25. The molecule has 2 fully saturated rings. The summed E-state index contributed by atoms with van der Waals surface area (Å²) < 4.78 is 33.8. The van der Waals surface area contributed by atoms with E-state index in [2.05, 4.69) is 13.2 Å². The Labute approximate surface area is 264 Å². The Morgan fingerprint density at radius 3 is 1.35 bits per heavy atom. The van der Waals surface area contributed by atoms with Crippen LogP contribution < -0.4 is 9.47 Å². The second-order valence-electron chi connectivity index (χ2n) is 11.3. The second-order valence-corrected chi connectivity index (χ2v) is 11.3. The molecule has 4 aromatic carbocycles. The Bertz CT molecular complexity index is 1790. The summed E-state index contributed by atoms with van der Waals surface area (Å²) in [5.74, 6) is -1.39. The fraction of sp³-hybridized carbons (Fsp3) is 0.222. The Balaban J connectivity index is 1.06. The van der Waals surface area contributed by atoms with Gasteiger partial charge in [-0.1, -0.05) is 37.4 Å². The van der Waals surface area contributed by atoms with Crippen LogP contribution in [0.4, 0.5) is 0 Å². The Morgan fingerprint density at radius 1 is 0.587 bits per heavy atom. The molecule has 2 aliphatic heterocycles. The number of rotatable bonds is 8. The molecule has 6 rings (SSSR count). The molecule has 0 N–H and O–H groups in total. The van der Waals surface area contributed by atoms with E-state index < -0.39 is 48.3 Å². The van der Waals surface area contributed by atoms with E-state index in [1.165, 1.54) is 0 Å². The highest BCUT2D eigenvalue weighted by Gasteiger charge is 2.51. The van der Waals surface area contributed by atoms with Crippen molar-refractivity contribution in [3.8, 4) is 11.5 Å². The van der Waals surface area contributed by atoms with Gasteiger partial charge in [0.25, 0.3) is 0 Å². The van der Waals surface area contributed by atoms with Crippen molar-refractivity contribution in [1.29, 1.82) is 0 Å². The van der Waals surface area contributed by atoms with Crippen LogP contribution in [-0.4, -0.2) is 61.5 Å². The number of esters is 4. The highest BCUT2D eigenvalue weighted by atomic mass is 16.7. The van der Waals surface area contributed by atoms with Gasteiger partial charge >= 0.3 is 23.9 Å². The molecule has 0 unspecified atom stereocenters. The van der Waals surface area contributed by atoms with Crippen molar-refractivity contribution in [3.63, 3.8) is 0 Å². The third kappa shape index (κ3) is 6.39. The van der Waals surface area contributed by atoms with Gasteiger partial charge in [0.2, 0.25) is 0 Å². The van der Waals surface area contributed by atoms with Crippen molar-refractivity contribution in [1.82, 2.24) is 0 Å². The van der Waals surface area contributed by atoms with E-state index in [1.807, 2.05) is 0 Å². The van der Waals surface area contributed by atoms with Crippen molar-refractivity contribution in [3.05, 3.63) is 108 Å². The fourth-order valence-corrected chi connectivity index (χ4v) is 5.26. The lowest BCUT2D eigenvalue weighted by Gasteiger charge is -2.17. The first-order valence-corrected chi connectivity index (χ1v) is 14.5. The zero-order valence-corrected chi connectivity index (χ0v) is 25.1. The topological polar surface area (TPSA) is 124 Å². The number of carbonyl (C=O) groups excluding carboxylic acids is 4. The number of fused-ring (bicyclic) bond motifs is 3. The summed E-state index contributed by atoms with van der Waals surface area (Å²) in [6.07, 6.45) is -2.56. The summed E-state index contributed by atoms with van der Waals surface area (Å²) in [7, 11) is 0. The zero-order valence-electron chi connectivity index (χ0n) is 25.1. The molecule has 0 aromatic heterocycles. The quantitative estimate of drug-likeness (QED) is 0.141. The lowest BCUT2D eigenvalue weighted by Crippen LogP contribution is -2.36. The second kappa shape index (κ2) is 12.6. The first-order chi connectivity index (χ1) is 22.0. The molecule has 0 spiro atoms. The van der Waals surface area contributed by atoms with Gasteiger partial charge in [-0.25, -0.2) is 19.2 Å². The van der Waals surface area contributed by atoms with E-state index >= 15 is 0 Å². The van der Waals surface area contributed by atoms with Crippen molar-refractivity contribution in [2.45, 2.75) is 38.3 Å². The molecule has 0 amide bonds. The minimum absolute atomic E-state index is 0.0917. The summed E-state index contributed by atoms with van der Waals surface area (Å²) in [6, 6.07) is 20.3.